The fraction of sp³-hybridized carbons (Fsp3) is 0.158. The van der Waals surface area contributed by atoms with Crippen molar-refractivity contribution in [2.24, 2.45) is 0 Å². The third-order valence-corrected chi connectivity index (χ3v) is 4.71. The van der Waals surface area contributed by atoms with E-state index in [1.54, 1.807) is 29.7 Å². The van der Waals surface area contributed by atoms with Gasteiger partial charge in [0, 0.05) is 17.0 Å². The van der Waals surface area contributed by atoms with E-state index in [1.807, 2.05) is 18.2 Å². The molecule has 0 aliphatic carbocycles. The molecule has 3 heterocycles. The minimum Gasteiger partial charge on any atom is -0.468 e. The Hall–Kier alpha value is -2.77. The zero-order valence-corrected chi connectivity index (χ0v) is 14.7. The van der Waals surface area contributed by atoms with Crippen LogP contribution in [0.2, 0.25) is 0 Å². The van der Waals surface area contributed by atoms with Crippen LogP contribution in [-0.4, -0.2) is 15.0 Å². The molecule has 4 rings (SSSR count). The maximum atomic E-state index is 13.1. The van der Waals surface area contributed by atoms with E-state index in [-0.39, 0.29) is 5.82 Å². The first-order valence-electron chi connectivity index (χ1n) is 8.12. The molecule has 0 spiro atoms. The minimum absolute atomic E-state index is 0.293. The van der Waals surface area contributed by atoms with Gasteiger partial charge in [-0.05, 0) is 47.8 Å². The molecule has 7 heteroatoms. The second-order valence-corrected chi connectivity index (χ2v) is 6.85. The lowest BCUT2D eigenvalue weighted by Crippen LogP contribution is -2.21. The molecule has 0 saturated heterocycles. The summed E-state index contributed by atoms with van der Waals surface area (Å²) in [6, 6.07) is 14.0. The third kappa shape index (κ3) is 4.07. The highest BCUT2D eigenvalue weighted by Crippen LogP contribution is 2.20. The number of aromatic nitrogens is 2. The molecule has 3 aromatic heterocycles. The van der Waals surface area contributed by atoms with E-state index in [4.69, 9.17) is 8.94 Å². The molecule has 0 unspecified atom stereocenters. The molecule has 5 nitrogen and oxygen atoms in total. The van der Waals surface area contributed by atoms with Crippen molar-refractivity contribution in [2.75, 3.05) is 0 Å². The first-order chi connectivity index (χ1) is 12.8. The summed E-state index contributed by atoms with van der Waals surface area (Å²) in [7, 11) is 0. The second kappa shape index (κ2) is 7.63. The molecule has 0 atom stereocenters. The molecule has 0 N–H and O–H groups in total. The molecule has 4 aromatic rings. The van der Waals surface area contributed by atoms with Gasteiger partial charge < -0.3 is 8.94 Å². The van der Waals surface area contributed by atoms with Crippen molar-refractivity contribution in [1.82, 2.24) is 15.0 Å². The number of furan rings is 1. The molecule has 0 aliphatic rings. The summed E-state index contributed by atoms with van der Waals surface area (Å²) in [5.74, 6) is 1.54. The summed E-state index contributed by atoms with van der Waals surface area (Å²) < 4.78 is 23.9. The van der Waals surface area contributed by atoms with Crippen LogP contribution in [-0.2, 0) is 19.6 Å². The van der Waals surface area contributed by atoms with Gasteiger partial charge >= 0.3 is 0 Å². The molecule has 0 fully saturated rings. The van der Waals surface area contributed by atoms with Gasteiger partial charge in [0.2, 0.25) is 11.7 Å². The Labute approximate surface area is 153 Å². The van der Waals surface area contributed by atoms with Gasteiger partial charge in [-0.15, -0.1) is 11.3 Å². The molecular weight excluding hydrogens is 353 g/mol. The van der Waals surface area contributed by atoms with Crippen LogP contribution in [0.3, 0.4) is 0 Å². The van der Waals surface area contributed by atoms with Gasteiger partial charge in [0.15, 0.2) is 0 Å². The molecule has 26 heavy (non-hydrogen) atoms. The fourth-order valence-electron chi connectivity index (χ4n) is 2.64. The normalized spacial score (nSPS) is 11.3. The maximum Gasteiger partial charge on any atom is 0.241 e. The molecule has 0 amide bonds. The van der Waals surface area contributed by atoms with Gasteiger partial charge in [-0.25, -0.2) is 4.39 Å². The van der Waals surface area contributed by atoms with Crippen LogP contribution in [0.1, 0.15) is 16.5 Å². The van der Waals surface area contributed by atoms with E-state index in [1.165, 1.54) is 17.0 Å². The Morgan fingerprint density at radius 1 is 1.00 bits per heavy atom. The summed E-state index contributed by atoms with van der Waals surface area (Å²) in [5, 5.41) is 6.06. The summed E-state index contributed by atoms with van der Waals surface area (Å²) >= 11 is 1.70. The highest BCUT2D eigenvalue weighted by Gasteiger charge is 2.15. The van der Waals surface area contributed by atoms with Crippen LogP contribution in [0.15, 0.2) is 69.1 Å². The van der Waals surface area contributed by atoms with Crippen LogP contribution >= 0.6 is 11.3 Å². The van der Waals surface area contributed by atoms with Gasteiger partial charge in [-0.3, -0.25) is 4.90 Å². The van der Waals surface area contributed by atoms with Gasteiger partial charge in [0.1, 0.15) is 11.6 Å². The number of hydrogen-bond donors (Lipinski definition) is 0. The van der Waals surface area contributed by atoms with Crippen LogP contribution in [0.4, 0.5) is 4.39 Å². The highest BCUT2D eigenvalue weighted by molar-refractivity contribution is 7.09. The quantitative estimate of drug-likeness (QED) is 0.471. The van der Waals surface area contributed by atoms with Crippen molar-refractivity contribution in [3.8, 4) is 11.4 Å². The van der Waals surface area contributed by atoms with Crippen molar-refractivity contribution < 1.29 is 13.3 Å². The predicted molar refractivity (Wildman–Crippen MR) is 95.7 cm³/mol. The first-order valence-corrected chi connectivity index (χ1v) is 9.00. The van der Waals surface area contributed by atoms with E-state index in [9.17, 15) is 4.39 Å². The molecule has 0 aliphatic heterocycles. The van der Waals surface area contributed by atoms with E-state index in [0.717, 1.165) is 17.9 Å². The number of thiophene rings is 1. The third-order valence-electron chi connectivity index (χ3n) is 3.85. The van der Waals surface area contributed by atoms with Crippen molar-refractivity contribution in [3.05, 3.63) is 82.5 Å². The van der Waals surface area contributed by atoms with Crippen LogP contribution in [0.25, 0.3) is 11.4 Å². The maximum absolute atomic E-state index is 13.1. The van der Waals surface area contributed by atoms with Crippen molar-refractivity contribution >= 4 is 11.3 Å². The topological polar surface area (TPSA) is 55.3 Å². The lowest BCUT2D eigenvalue weighted by atomic mass is 10.2. The van der Waals surface area contributed by atoms with Gasteiger partial charge in [0.05, 0.1) is 19.4 Å². The van der Waals surface area contributed by atoms with Gasteiger partial charge in [-0.1, -0.05) is 11.2 Å². The molecule has 0 radical (unpaired) electrons. The van der Waals surface area contributed by atoms with Crippen LogP contribution < -0.4 is 0 Å². The average Bonchev–Trinajstić information content (AvgIpc) is 3.38. The fourth-order valence-corrected chi connectivity index (χ4v) is 3.39. The Kier molecular flexibility index (Phi) is 4.90. The average molecular weight is 369 g/mol. The molecule has 0 bridgehead atoms. The van der Waals surface area contributed by atoms with E-state index in [0.29, 0.717) is 24.8 Å². The summed E-state index contributed by atoms with van der Waals surface area (Å²) in [4.78, 5) is 7.86. The zero-order chi connectivity index (χ0) is 17.8. The zero-order valence-electron chi connectivity index (χ0n) is 13.8. The monoisotopic (exact) mass is 369 g/mol. The Bertz CT molecular complexity index is 898. The largest absolute Gasteiger partial charge is 0.468 e. The highest BCUT2D eigenvalue weighted by atomic mass is 32.1. The first kappa shape index (κ1) is 16.7. The molecule has 1 aromatic carbocycles. The molecule has 0 saturated carbocycles. The predicted octanol–water partition coefficient (Wildman–Crippen LogP) is 4.73. The number of nitrogens with zero attached hydrogens (tertiary/aromatic N) is 3. The molecular formula is C19H16FN3O2S. The van der Waals surface area contributed by atoms with E-state index < -0.39 is 0 Å². The van der Waals surface area contributed by atoms with E-state index in [2.05, 4.69) is 26.5 Å². The van der Waals surface area contributed by atoms with Crippen LogP contribution in [0, 0.1) is 5.82 Å². The van der Waals surface area contributed by atoms with E-state index >= 15 is 0 Å². The lowest BCUT2D eigenvalue weighted by Gasteiger charge is -2.18. The summed E-state index contributed by atoms with van der Waals surface area (Å²) in [5.41, 5.74) is 0.720. The van der Waals surface area contributed by atoms with Gasteiger partial charge in [-0.2, -0.15) is 4.98 Å². The smallest absolute Gasteiger partial charge is 0.241 e. The number of benzene rings is 1. The number of halogens is 1. The number of rotatable bonds is 7. The van der Waals surface area contributed by atoms with Crippen molar-refractivity contribution in [3.63, 3.8) is 0 Å². The lowest BCUT2D eigenvalue weighted by molar-refractivity contribution is 0.198. The Balaban J connectivity index is 1.50. The summed E-state index contributed by atoms with van der Waals surface area (Å²) in [6.45, 7) is 1.89. The van der Waals surface area contributed by atoms with Crippen molar-refractivity contribution in [1.29, 1.82) is 0 Å². The number of hydrogen-bond acceptors (Lipinski definition) is 6. The summed E-state index contributed by atoms with van der Waals surface area (Å²) in [6.07, 6.45) is 1.66. The Morgan fingerprint density at radius 2 is 1.88 bits per heavy atom. The minimum atomic E-state index is -0.293. The Morgan fingerprint density at radius 3 is 2.62 bits per heavy atom. The standard InChI is InChI=1S/C19H16FN3O2S/c20-15-7-5-14(6-8-15)19-21-18(25-22-19)13-23(11-16-3-1-9-24-16)12-17-4-2-10-26-17/h1-10H,11-13H2. The van der Waals surface area contributed by atoms with Crippen LogP contribution in [0.5, 0.6) is 0 Å². The molecule has 132 valence electrons. The van der Waals surface area contributed by atoms with Gasteiger partial charge in [0.25, 0.3) is 0 Å². The SMILES string of the molecule is Fc1ccc(-c2noc(CN(Cc3ccco3)Cc3cccs3)n2)cc1. The second-order valence-electron chi connectivity index (χ2n) is 5.82. The van der Waals surface area contributed by atoms with Crippen molar-refractivity contribution in [2.45, 2.75) is 19.6 Å².